The van der Waals surface area contributed by atoms with Gasteiger partial charge in [-0.1, -0.05) is 0 Å². The SMILES string of the molecule is CC(C)(C(N)=O)/C(C=N)=C/N. The maximum Gasteiger partial charge on any atom is 0.227 e. The molecule has 0 bridgehead atoms. The molecule has 0 saturated heterocycles. The number of hydrogen-bond donors (Lipinski definition) is 3. The topological polar surface area (TPSA) is 93.0 Å². The normalized spacial score (nSPS) is 12.7. The summed E-state index contributed by atoms with van der Waals surface area (Å²) in [6.07, 6.45) is 2.25. The number of carbonyl (C=O) groups is 1. The Morgan fingerprint density at radius 1 is 1.55 bits per heavy atom. The lowest BCUT2D eigenvalue weighted by atomic mass is 9.84. The zero-order valence-corrected chi connectivity index (χ0v) is 6.72. The molecule has 0 aliphatic heterocycles. The van der Waals surface area contributed by atoms with Crippen LogP contribution in [0.5, 0.6) is 0 Å². The minimum absolute atomic E-state index is 0.421. The number of primary amides is 1. The lowest BCUT2D eigenvalue weighted by molar-refractivity contribution is -0.124. The lowest BCUT2D eigenvalue weighted by Gasteiger charge is -2.20. The predicted octanol–water partition coefficient (Wildman–Crippen LogP) is -0.00993. The largest absolute Gasteiger partial charge is 0.404 e. The molecular weight excluding hydrogens is 142 g/mol. The van der Waals surface area contributed by atoms with Crippen molar-refractivity contribution in [2.24, 2.45) is 16.9 Å². The van der Waals surface area contributed by atoms with E-state index < -0.39 is 11.3 Å². The molecule has 0 aliphatic carbocycles. The molecule has 4 heteroatoms. The molecule has 0 atom stereocenters. The Morgan fingerprint density at radius 2 is 2.00 bits per heavy atom. The van der Waals surface area contributed by atoms with E-state index >= 15 is 0 Å². The van der Waals surface area contributed by atoms with Crippen molar-refractivity contribution in [1.82, 2.24) is 0 Å². The Labute approximate surface area is 65.8 Å². The number of amides is 1. The minimum Gasteiger partial charge on any atom is -0.404 e. The molecular formula is C7H13N3O. The van der Waals surface area contributed by atoms with E-state index in [1.807, 2.05) is 0 Å². The molecule has 0 aromatic heterocycles. The van der Waals surface area contributed by atoms with Crippen LogP contribution in [-0.2, 0) is 4.79 Å². The van der Waals surface area contributed by atoms with E-state index in [4.69, 9.17) is 16.9 Å². The van der Waals surface area contributed by atoms with Gasteiger partial charge in [0.1, 0.15) is 0 Å². The number of nitrogens with two attached hydrogens (primary N) is 2. The molecule has 0 aliphatic rings. The van der Waals surface area contributed by atoms with Crippen LogP contribution in [0.2, 0.25) is 0 Å². The second-order valence-corrected chi connectivity index (χ2v) is 2.76. The molecule has 0 rings (SSSR count). The minimum atomic E-state index is -0.851. The quantitative estimate of drug-likeness (QED) is 0.500. The molecule has 62 valence electrons. The summed E-state index contributed by atoms with van der Waals surface area (Å²) in [7, 11) is 0. The average molecular weight is 155 g/mol. The predicted molar refractivity (Wildman–Crippen MR) is 44.0 cm³/mol. The fraction of sp³-hybridized carbons (Fsp3) is 0.429. The highest BCUT2D eigenvalue weighted by Gasteiger charge is 2.28. The van der Waals surface area contributed by atoms with Gasteiger partial charge in [-0.2, -0.15) is 0 Å². The van der Waals surface area contributed by atoms with Gasteiger partial charge in [0.2, 0.25) is 5.91 Å². The van der Waals surface area contributed by atoms with Gasteiger partial charge in [-0.25, -0.2) is 0 Å². The Balaban J connectivity index is 4.80. The molecule has 0 radical (unpaired) electrons. The van der Waals surface area contributed by atoms with Crippen LogP contribution in [0.4, 0.5) is 0 Å². The zero-order valence-electron chi connectivity index (χ0n) is 6.72. The van der Waals surface area contributed by atoms with Crippen molar-refractivity contribution >= 4 is 12.1 Å². The molecule has 0 heterocycles. The van der Waals surface area contributed by atoms with Crippen LogP contribution < -0.4 is 11.5 Å². The molecule has 1 amide bonds. The molecule has 0 saturated carbocycles. The maximum atomic E-state index is 10.8. The van der Waals surface area contributed by atoms with Crippen molar-refractivity contribution in [3.8, 4) is 0 Å². The Hall–Kier alpha value is -1.32. The first-order valence-electron chi connectivity index (χ1n) is 3.19. The molecule has 0 aromatic rings. The monoisotopic (exact) mass is 155 g/mol. The van der Waals surface area contributed by atoms with Crippen LogP contribution >= 0.6 is 0 Å². The third kappa shape index (κ3) is 1.80. The maximum absolute atomic E-state index is 10.8. The highest BCUT2D eigenvalue weighted by atomic mass is 16.1. The van der Waals surface area contributed by atoms with Gasteiger partial charge in [-0.3, -0.25) is 4.79 Å². The Bertz CT molecular complexity index is 206. The van der Waals surface area contributed by atoms with Crippen LogP contribution in [-0.4, -0.2) is 12.1 Å². The molecule has 4 nitrogen and oxygen atoms in total. The number of rotatable bonds is 3. The summed E-state index contributed by atoms with van der Waals surface area (Å²) in [6.45, 7) is 3.25. The second kappa shape index (κ2) is 3.18. The van der Waals surface area contributed by atoms with Gasteiger partial charge in [-0.15, -0.1) is 0 Å². The number of hydrogen-bond acceptors (Lipinski definition) is 3. The van der Waals surface area contributed by atoms with Crippen LogP contribution in [0.1, 0.15) is 13.8 Å². The molecule has 0 spiro atoms. The van der Waals surface area contributed by atoms with Crippen LogP contribution in [0, 0.1) is 10.8 Å². The van der Waals surface area contributed by atoms with Crippen molar-refractivity contribution < 1.29 is 4.79 Å². The summed E-state index contributed by atoms with van der Waals surface area (Å²) in [6, 6.07) is 0. The third-order valence-corrected chi connectivity index (χ3v) is 1.67. The highest BCUT2D eigenvalue weighted by Crippen LogP contribution is 2.22. The van der Waals surface area contributed by atoms with Gasteiger partial charge < -0.3 is 16.9 Å². The smallest absolute Gasteiger partial charge is 0.227 e. The number of carbonyl (C=O) groups excluding carboxylic acids is 1. The fourth-order valence-electron chi connectivity index (χ4n) is 0.579. The van der Waals surface area contributed by atoms with Crippen molar-refractivity contribution in [3.63, 3.8) is 0 Å². The summed E-state index contributed by atoms with van der Waals surface area (Å²) in [5.74, 6) is -0.488. The van der Waals surface area contributed by atoms with Crippen molar-refractivity contribution in [2.45, 2.75) is 13.8 Å². The lowest BCUT2D eigenvalue weighted by Crippen LogP contribution is -2.34. The average Bonchev–Trinajstić information content (AvgIpc) is 1.89. The Kier molecular flexibility index (Phi) is 2.80. The van der Waals surface area contributed by atoms with Gasteiger partial charge in [0, 0.05) is 11.8 Å². The molecule has 0 aromatic carbocycles. The Morgan fingerprint density at radius 3 is 2.09 bits per heavy atom. The summed E-state index contributed by atoms with van der Waals surface area (Å²) in [5.41, 5.74) is 9.84. The van der Waals surface area contributed by atoms with E-state index in [-0.39, 0.29) is 0 Å². The van der Waals surface area contributed by atoms with Crippen LogP contribution in [0.15, 0.2) is 11.8 Å². The first kappa shape index (κ1) is 9.68. The van der Waals surface area contributed by atoms with E-state index in [0.29, 0.717) is 5.57 Å². The molecule has 11 heavy (non-hydrogen) atoms. The third-order valence-electron chi connectivity index (χ3n) is 1.67. The summed E-state index contributed by atoms with van der Waals surface area (Å²) in [4.78, 5) is 10.8. The number of nitrogens with one attached hydrogen (secondary N) is 1. The molecule has 5 N–H and O–H groups in total. The van der Waals surface area contributed by atoms with E-state index in [1.165, 1.54) is 6.20 Å². The summed E-state index contributed by atoms with van der Waals surface area (Å²) in [5, 5.41) is 6.93. The van der Waals surface area contributed by atoms with E-state index in [9.17, 15) is 4.79 Å². The highest BCUT2D eigenvalue weighted by molar-refractivity contribution is 5.92. The first-order valence-corrected chi connectivity index (χ1v) is 3.19. The van der Waals surface area contributed by atoms with E-state index in [2.05, 4.69) is 0 Å². The van der Waals surface area contributed by atoms with E-state index in [1.54, 1.807) is 13.8 Å². The van der Waals surface area contributed by atoms with Crippen molar-refractivity contribution in [3.05, 3.63) is 11.8 Å². The zero-order chi connectivity index (χ0) is 9.07. The van der Waals surface area contributed by atoms with Gasteiger partial charge in [0.15, 0.2) is 0 Å². The summed E-state index contributed by atoms with van der Waals surface area (Å²) < 4.78 is 0. The summed E-state index contributed by atoms with van der Waals surface area (Å²) >= 11 is 0. The van der Waals surface area contributed by atoms with E-state index in [0.717, 1.165) is 6.21 Å². The van der Waals surface area contributed by atoms with Crippen LogP contribution in [0.3, 0.4) is 0 Å². The molecule has 0 unspecified atom stereocenters. The second-order valence-electron chi connectivity index (χ2n) is 2.76. The van der Waals surface area contributed by atoms with Gasteiger partial charge >= 0.3 is 0 Å². The van der Waals surface area contributed by atoms with Gasteiger partial charge in [0.25, 0.3) is 0 Å². The molecule has 0 fully saturated rings. The fourth-order valence-corrected chi connectivity index (χ4v) is 0.579. The van der Waals surface area contributed by atoms with Gasteiger partial charge in [-0.05, 0) is 20.0 Å². The first-order chi connectivity index (χ1) is 4.96. The van der Waals surface area contributed by atoms with Crippen molar-refractivity contribution in [2.75, 3.05) is 0 Å². The standard InChI is InChI=1S/C7H13N3O/c1-7(2,6(10)11)5(3-8)4-9/h3-4,8H,9H2,1-2H3,(H2,10,11)/b5-4+,8-3?. The van der Waals surface area contributed by atoms with Crippen molar-refractivity contribution in [1.29, 1.82) is 5.41 Å². The van der Waals surface area contributed by atoms with Crippen LogP contribution in [0.25, 0.3) is 0 Å². The van der Waals surface area contributed by atoms with Gasteiger partial charge in [0.05, 0.1) is 5.41 Å².